The maximum Gasteiger partial charge on any atom is 0.203 e. The maximum atomic E-state index is 6.01. The fourth-order valence-corrected chi connectivity index (χ4v) is 3.30. The Hall–Kier alpha value is -3.32. The highest BCUT2D eigenvalue weighted by molar-refractivity contribution is 5.77. The molecule has 1 atom stereocenters. The van der Waals surface area contributed by atoms with E-state index in [1.807, 2.05) is 48.7 Å². The average Bonchev–Trinajstić information content (AvgIpc) is 3.17. The largest absolute Gasteiger partial charge is 0.384 e. The summed E-state index contributed by atoms with van der Waals surface area (Å²) in [4.78, 5) is 8.61. The second kappa shape index (κ2) is 7.92. The molecule has 0 amide bonds. The highest BCUT2D eigenvalue weighted by atomic mass is 15.3. The molecule has 3 heterocycles. The lowest BCUT2D eigenvalue weighted by atomic mass is 9.88. The second-order valence-electron chi connectivity index (χ2n) is 6.38. The number of hydrogen-bond donors (Lipinski definition) is 3. The smallest absolute Gasteiger partial charge is 0.203 e. The summed E-state index contributed by atoms with van der Waals surface area (Å²) in [6.07, 6.45) is 2.70. The quantitative estimate of drug-likeness (QED) is 0.438. The van der Waals surface area contributed by atoms with Gasteiger partial charge < -0.3 is 11.1 Å². The van der Waals surface area contributed by atoms with Crippen LogP contribution in [0.2, 0.25) is 0 Å². The lowest BCUT2D eigenvalue weighted by Gasteiger charge is -2.19. The molecular formula is C20H21N7. The van der Waals surface area contributed by atoms with E-state index in [2.05, 4.69) is 42.8 Å². The highest BCUT2D eigenvalue weighted by Crippen LogP contribution is 2.32. The summed E-state index contributed by atoms with van der Waals surface area (Å²) in [6, 6.07) is 18.2. The monoisotopic (exact) mass is 359 g/mol. The van der Waals surface area contributed by atoms with Crippen molar-refractivity contribution in [2.45, 2.75) is 18.9 Å². The number of nitrogens with zero attached hydrogens (tertiary/aromatic N) is 4. The zero-order valence-electron chi connectivity index (χ0n) is 14.8. The molecule has 7 heteroatoms. The molecular weight excluding hydrogens is 338 g/mol. The molecule has 0 aliphatic carbocycles. The maximum absolute atomic E-state index is 6.01. The van der Waals surface area contributed by atoms with E-state index in [9.17, 15) is 0 Å². The van der Waals surface area contributed by atoms with Crippen molar-refractivity contribution in [2.75, 3.05) is 12.3 Å². The first-order valence-electron chi connectivity index (χ1n) is 8.94. The Morgan fingerprint density at radius 2 is 1.89 bits per heavy atom. The number of anilines is 1. The summed E-state index contributed by atoms with van der Waals surface area (Å²) in [5.74, 6) is 0.592. The third-order valence-electron chi connectivity index (χ3n) is 4.56. The van der Waals surface area contributed by atoms with Crippen molar-refractivity contribution in [3.63, 3.8) is 0 Å². The van der Waals surface area contributed by atoms with Gasteiger partial charge in [-0.3, -0.25) is 4.98 Å². The van der Waals surface area contributed by atoms with Crippen molar-refractivity contribution in [1.82, 2.24) is 30.7 Å². The van der Waals surface area contributed by atoms with Gasteiger partial charge in [-0.15, -0.1) is 5.10 Å². The van der Waals surface area contributed by atoms with E-state index >= 15 is 0 Å². The van der Waals surface area contributed by atoms with Gasteiger partial charge in [0.05, 0.1) is 5.69 Å². The predicted octanol–water partition coefficient (Wildman–Crippen LogP) is 2.64. The number of pyridine rings is 2. The van der Waals surface area contributed by atoms with Crippen LogP contribution in [0.4, 0.5) is 5.82 Å². The molecule has 4 N–H and O–H groups in total. The minimum absolute atomic E-state index is 0.139. The number of rotatable bonds is 7. The first-order chi connectivity index (χ1) is 13.3. The fourth-order valence-electron chi connectivity index (χ4n) is 3.30. The van der Waals surface area contributed by atoms with Crippen molar-refractivity contribution < 1.29 is 0 Å². The van der Waals surface area contributed by atoms with Crippen LogP contribution < -0.4 is 11.1 Å². The van der Waals surface area contributed by atoms with E-state index < -0.39 is 0 Å². The lowest BCUT2D eigenvalue weighted by molar-refractivity contribution is 0.607. The number of nitrogen functional groups attached to an aromatic ring is 1. The first-order valence-corrected chi connectivity index (χ1v) is 8.94. The molecule has 1 unspecified atom stereocenters. The number of aromatic nitrogens is 5. The average molecular weight is 359 g/mol. The van der Waals surface area contributed by atoms with Crippen LogP contribution in [0, 0.1) is 0 Å². The van der Waals surface area contributed by atoms with E-state index in [0.29, 0.717) is 11.5 Å². The molecule has 0 saturated carbocycles. The Labute approximate surface area is 157 Å². The molecule has 0 bridgehead atoms. The molecule has 7 nitrogen and oxygen atoms in total. The Kier molecular flexibility index (Phi) is 5.02. The molecule has 0 aliphatic rings. The van der Waals surface area contributed by atoms with Crippen LogP contribution >= 0.6 is 0 Å². The third kappa shape index (κ3) is 3.93. The van der Waals surface area contributed by atoms with Gasteiger partial charge in [-0.2, -0.15) is 10.3 Å². The van der Waals surface area contributed by atoms with Gasteiger partial charge in [-0.25, -0.2) is 4.98 Å². The van der Waals surface area contributed by atoms with E-state index in [1.165, 1.54) is 5.56 Å². The zero-order valence-corrected chi connectivity index (χ0v) is 14.8. The Bertz CT molecular complexity index is 999. The van der Waals surface area contributed by atoms with Gasteiger partial charge >= 0.3 is 0 Å². The zero-order chi connectivity index (χ0) is 18.5. The van der Waals surface area contributed by atoms with Gasteiger partial charge in [0, 0.05) is 18.7 Å². The highest BCUT2D eigenvalue weighted by Gasteiger charge is 2.20. The van der Waals surface area contributed by atoms with Gasteiger partial charge in [0.25, 0.3) is 0 Å². The van der Waals surface area contributed by atoms with Crippen molar-refractivity contribution in [3.05, 3.63) is 77.6 Å². The van der Waals surface area contributed by atoms with E-state index in [4.69, 9.17) is 5.73 Å². The third-order valence-corrected chi connectivity index (χ3v) is 4.56. The van der Waals surface area contributed by atoms with Gasteiger partial charge in [0.2, 0.25) is 5.65 Å². The Balaban J connectivity index is 1.57. The summed E-state index contributed by atoms with van der Waals surface area (Å²) in [7, 11) is 0. The number of nitrogens with two attached hydrogens (primary N) is 1. The standard InChI is InChI=1S/C20H21N7/c21-18-12-17(19-20(24-18)26-27-25-19)16(14-6-2-1-3-7-14)9-11-22-13-15-8-4-5-10-23-15/h1-8,10,12,16,22H,9,11,13H2,(H3,21,24,25,26,27). The number of hydrogen-bond acceptors (Lipinski definition) is 6. The SMILES string of the molecule is Nc1cc(C(CCNCc2ccccn2)c2ccccc2)c2n[nH]nc2n1. The number of H-pyrrole nitrogens is 1. The van der Waals surface area contributed by atoms with Crippen molar-refractivity contribution in [2.24, 2.45) is 0 Å². The summed E-state index contributed by atoms with van der Waals surface area (Å²) in [5, 5.41) is 14.5. The minimum atomic E-state index is 0.139. The first kappa shape index (κ1) is 17.1. The van der Waals surface area contributed by atoms with Crippen LogP contribution in [-0.2, 0) is 6.54 Å². The van der Waals surface area contributed by atoms with E-state index in [-0.39, 0.29) is 5.92 Å². The van der Waals surface area contributed by atoms with Crippen LogP contribution in [-0.4, -0.2) is 31.9 Å². The molecule has 27 heavy (non-hydrogen) atoms. The summed E-state index contributed by atoms with van der Waals surface area (Å²) < 4.78 is 0. The number of nitrogens with one attached hydrogen (secondary N) is 2. The van der Waals surface area contributed by atoms with Crippen LogP contribution in [0.1, 0.15) is 29.2 Å². The van der Waals surface area contributed by atoms with E-state index in [0.717, 1.165) is 36.3 Å². The Morgan fingerprint density at radius 1 is 1.04 bits per heavy atom. The molecule has 4 rings (SSSR count). The second-order valence-corrected chi connectivity index (χ2v) is 6.38. The van der Waals surface area contributed by atoms with Gasteiger partial charge in [0.15, 0.2) is 0 Å². The van der Waals surface area contributed by atoms with Crippen molar-refractivity contribution in [1.29, 1.82) is 0 Å². The lowest BCUT2D eigenvalue weighted by Crippen LogP contribution is -2.18. The van der Waals surface area contributed by atoms with Crippen LogP contribution in [0.15, 0.2) is 60.8 Å². The fraction of sp³-hybridized carbons (Fsp3) is 0.200. The molecule has 0 aliphatic heterocycles. The molecule has 136 valence electrons. The molecule has 0 radical (unpaired) electrons. The topological polar surface area (TPSA) is 105 Å². The van der Waals surface area contributed by atoms with Crippen molar-refractivity contribution in [3.8, 4) is 0 Å². The molecule has 0 saturated heterocycles. The van der Waals surface area contributed by atoms with Crippen LogP contribution in [0.25, 0.3) is 11.2 Å². The van der Waals surface area contributed by atoms with Gasteiger partial charge in [-0.05, 0) is 42.3 Å². The minimum Gasteiger partial charge on any atom is -0.384 e. The predicted molar refractivity (Wildman–Crippen MR) is 105 cm³/mol. The van der Waals surface area contributed by atoms with E-state index in [1.54, 1.807) is 0 Å². The van der Waals surface area contributed by atoms with Crippen LogP contribution in [0.5, 0.6) is 0 Å². The Morgan fingerprint density at radius 3 is 2.70 bits per heavy atom. The molecule has 4 aromatic rings. The summed E-state index contributed by atoms with van der Waals surface area (Å²) in [6.45, 7) is 1.57. The molecule has 1 aromatic carbocycles. The van der Waals surface area contributed by atoms with Crippen LogP contribution in [0.3, 0.4) is 0 Å². The molecule has 0 spiro atoms. The number of aromatic amines is 1. The normalized spacial score (nSPS) is 12.3. The molecule has 0 fully saturated rings. The summed E-state index contributed by atoms with van der Waals surface area (Å²) in [5.41, 5.74) is 10.6. The number of fused-ring (bicyclic) bond motifs is 1. The summed E-state index contributed by atoms with van der Waals surface area (Å²) >= 11 is 0. The molecule has 3 aromatic heterocycles. The van der Waals surface area contributed by atoms with Gasteiger partial charge in [0.1, 0.15) is 11.3 Å². The van der Waals surface area contributed by atoms with Crippen molar-refractivity contribution >= 4 is 17.0 Å². The number of benzene rings is 1. The van der Waals surface area contributed by atoms with Gasteiger partial charge in [-0.1, -0.05) is 36.4 Å².